The van der Waals surface area contributed by atoms with Crippen molar-refractivity contribution >= 4 is 55.3 Å². The number of nitrogens with zero attached hydrogens (tertiary/aromatic N) is 1. The number of benzene rings is 1. The predicted octanol–water partition coefficient (Wildman–Crippen LogP) is 4.17. The van der Waals surface area contributed by atoms with E-state index in [-0.39, 0.29) is 16.0 Å². The molecule has 0 atom stereocenters. The smallest absolute Gasteiger partial charge is 0.341 e. The molecule has 0 fully saturated rings. The monoisotopic (exact) mass is 481 g/mol. The number of fused-ring (bicyclic) bond motifs is 1. The van der Waals surface area contributed by atoms with E-state index in [4.69, 9.17) is 17.0 Å². The van der Waals surface area contributed by atoms with Crippen molar-refractivity contribution in [1.82, 2.24) is 4.31 Å². The molecule has 0 radical (unpaired) electrons. The molecule has 168 valence electrons. The van der Waals surface area contributed by atoms with E-state index in [0.717, 1.165) is 36.8 Å². The number of carbonyl (C=O) groups excluding carboxylic acids is 1. The Labute approximate surface area is 192 Å². The van der Waals surface area contributed by atoms with E-state index in [2.05, 4.69) is 10.6 Å². The van der Waals surface area contributed by atoms with Gasteiger partial charge < -0.3 is 15.4 Å². The van der Waals surface area contributed by atoms with E-state index in [1.54, 1.807) is 25.1 Å². The van der Waals surface area contributed by atoms with Gasteiger partial charge in [0, 0.05) is 24.7 Å². The Hall–Kier alpha value is -2.01. The molecule has 0 aliphatic heterocycles. The second-order valence-corrected chi connectivity index (χ2v) is 11.1. The molecular formula is C21H27N3O4S3. The molecule has 0 unspecified atom stereocenters. The quantitative estimate of drug-likeness (QED) is 0.473. The third-order valence-corrected chi connectivity index (χ3v) is 8.34. The highest BCUT2D eigenvalue weighted by atomic mass is 32.2. The molecule has 2 N–H and O–H groups in total. The number of aryl methyl sites for hydroxylation is 2. The average molecular weight is 482 g/mol. The fraction of sp³-hybridized carbons (Fsp3) is 0.429. The summed E-state index contributed by atoms with van der Waals surface area (Å²) in [4.78, 5) is 14.0. The minimum atomic E-state index is -3.57. The van der Waals surface area contributed by atoms with Gasteiger partial charge in [-0.2, -0.15) is 0 Å². The van der Waals surface area contributed by atoms with Gasteiger partial charge in [0.1, 0.15) is 5.00 Å². The first-order valence-electron chi connectivity index (χ1n) is 10.1. The number of thiocarbonyl (C=S) groups is 1. The minimum Gasteiger partial charge on any atom is -0.462 e. The first-order valence-corrected chi connectivity index (χ1v) is 12.7. The number of rotatable bonds is 6. The van der Waals surface area contributed by atoms with Crippen LogP contribution in [0.5, 0.6) is 0 Å². The van der Waals surface area contributed by atoms with E-state index in [0.29, 0.717) is 22.9 Å². The maximum Gasteiger partial charge on any atom is 0.341 e. The molecule has 0 amide bonds. The van der Waals surface area contributed by atoms with Crippen LogP contribution in [0.1, 0.15) is 46.1 Å². The zero-order chi connectivity index (χ0) is 22.8. The van der Waals surface area contributed by atoms with E-state index in [1.165, 1.54) is 34.6 Å². The van der Waals surface area contributed by atoms with E-state index >= 15 is 0 Å². The van der Waals surface area contributed by atoms with Crippen molar-refractivity contribution in [3.8, 4) is 0 Å². The highest BCUT2D eigenvalue weighted by molar-refractivity contribution is 7.89. The summed E-state index contributed by atoms with van der Waals surface area (Å²) in [5.41, 5.74) is 3.04. The summed E-state index contributed by atoms with van der Waals surface area (Å²) >= 11 is 7.02. The van der Waals surface area contributed by atoms with Gasteiger partial charge in [-0.3, -0.25) is 0 Å². The van der Waals surface area contributed by atoms with Gasteiger partial charge in [-0.05, 0) is 75.0 Å². The van der Waals surface area contributed by atoms with Crippen LogP contribution in [0.3, 0.4) is 0 Å². The summed E-state index contributed by atoms with van der Waals surface area (Å²) < 4.78 is 31.4. The van der Waals surface area contributed by atoms with Gasteiger partial charge in [0.05, 0.1) is 17.1 Å². The van der Waals surface area contributed by atoms with Crippen LogP contribution in [0.25, 0.3) is 0 Å². The number of carbonyl (C=O) groups is 1. The van der Waals surface area contributed by atoms with Gasteiger partial charge >= 0.3 is 5.97 Å². The van der Waals surface area contributed by atoms with Gasteiger partial charge in [0.15, 0.2) is 5.11 Å². The second-order valence-electron chi connectivity index (χ2n) is 7.48. The summed E-state index contributed by atoms with van der Waals surface area (Å²) in [5.74, 6) is -0.345. The molecule has 2 aromatic rings. The van der Waals surface area contributed by atoms with Crippen LogP contribution in [-0.4, -0.2) is 44.5 Å². The fourth-order valence-corrected chi connectivity index (χ4v) is 5.92. The number of ether oxygens (including phenoxy) is 1. The molecule has 3 rings (SSSR count). The molecule has 1 heterocycles. The predicted molar refractivity (Wildman–Crippen MR) is 129 cm³/mol. The van der Waals surface area contributed by atoms with Gasteiger partial charge in [-0.15, -0.1) is 11.3 Å². The lowest BCUT2D eigenvalue weighted by atomic mass is 9.95. The zero-order valence-corrected chi connectivity index (χ0v) is 20.5. The normalized spacial score (nSPS) is 13.6. The Kier molecular flexibility index (Phi) is 7.35. The fourth-order valence-electron chi connectivity index (χ4n) is 3.44. The van der Waals surface area contributed by atoms with Crippen LogP contribution in [0.2, 0.25) is 0 Å². The molecule has 10 heteroatoms. The number of hydrogen-bond acceptors (Lipinski definition) is 6. The largest absolute Gasteiger partial charge is 0.462 e. The van der Waals surface area contributed by atoms with Gasteiger partial charge in [-0.25, -0.2) is 17.5 Å². The number of nitrogens with one attached hydrogen (secondary N) is 2. The topological polar surface area (TPSA) is 87.7 Å². The van der Waals surface area contributed by atoms with Crippen molar-refractivity contribution in [3.05, 3.63) is 39.8 Å². The highest BCUT2D eigenvalue weighted by Gasteiger charge is 2.27. The molecule has 0 saturated heterocycles. The summed E-state index contributed by atoms with van der Waals surface area (Å²) in [6, 6.07) is 4.86. The number of hydrogen-bond donors (Lipinski definition) is 2. The van der Waals surface area contributed by atoms with Crippen molar-refractivity contribution in [1.29, 1.82) is 0 Å². The van der Waals surface area contributed by atoms with Gasteiger partial charge in [0.2, 0.25) is 10.0 Å². The second kappa shape index (κ2) is 9.64. The van der Waals surface area contributed by atoms with Gasteiger partial charge in [-0.1, -0.05) is 6.07 Å². The Morgan fingerprint density at radius 1 is 1.23 bits per heavy atom. The summed E-state index contributed by atoms with van der Waals surface area (Å²) in [5, 5.41) is 7.17. The Balaban J connectivity index is 1.87. The SMILES string of the molecule is CCOC(=O)c1c(NC(=S)Nc2cc(S(=O)(=O)N(C)C)ccc2C)sc2c1CCCC2. The average Bonchev–Trinajstić information content (AvgIpc) is 3.07. The summed E-state index contributed by atoms with van der Waals surface area (Å²) in [6.07, 6.45) is 3.94. The van der Waals surface area contributed by atoms with Crippen molar-refractivity contribution < 1.29 is 17.9 Å². The van der Waals surface area contributed by atoms with E-state index < -0.39 is 10.0 Å². The third-order valence-electron chi connectivity index (χ3n) is 5.11. The van der Waals surface area contributed by atoms with Crippen LogP contribution < -0.4 is 10.6 Å². The number of sulfonamides is 1. The molecule has 0 bridgehead atoms. The van der Waals surface area contributed by atoms with Crippen LogP contribution in [0.15, 0.2) is 23.1 Å². The van der Waals surface area contributed by atoms with Crippen LogP contribution in [-0.2, 0) is 27.6 Å². The lowest BCUT2D eigenvalue weighted by Crippen LogP contribution is -2.23. The maximum atomic E-state index is 12.6. The van der Waals surface area contributed by atoms with Crippen molar-refractivity contribution in [2.45, 2.75) is 44.4 Å². The lowest BCUT2D eigenvalue weighted by Gasteiger charge is -2.16. The van der Waals surface area contributed by atoms with Crippen LogP contribution >= 0.6 is 23.6 Å². The molecule has 7 nitrogen and oxygen atoms in total. The number of esters is 1. The molecule has 1 aliphatic rings. The Morgan fingerprint density at radius 3 is 2.61 bits per heavy atom. The number of anilines is 2. The minimum absolute atomic E-state index is 0.173. The number of thiophene rings is 1. The summed E-state index contributed by atoms with van der Waals surface area (Å²) in [6.45, 7) is 3.95. The van der Waals surface area contributed by atoms with Gasteiger partial charge in [0.25, 0.3) is 0 Å². The van der Waals surface area contributed by atoms with E-state index in [1.807, 2.05) is 6.92 Å². The molecule has 31 heavy (non-hydrogen) atoms. The molecule has 1 aromatic heterocycles. The standard InChI is InChI=1S/C21H27N3O4S3/c1-5-28-20(25)18-15-8-6-7-9-17(15)30-19(18)23-21(29)22-16-12-14(11-10-13(16)2)31(26,27)24(3)4/h10-12H,5-9H2,1-4H3,(H2,22,23,29). The first kappa shape index (κ1) is 23.6. The molecule has 1 aliphatic carbocycles. The Bertz CT molecular complexity index is 1110. The van der Waals surface area contributed by atoms with Crippen molar-refractivity contribution in [2.75, 3.05) is 31.3 Å². The van der Waals surface area contributed by atoms with Crippen LogP contribution in [0, 0.1) is 6.92 Å². The molecule has 0 saturated carbocycles. The first-order chi connectivity index (χ1) is 14.6. The van der Waals surface area contributed by atoms with Crippen molar-refractivity contribution in [2.24, 2.45) is 0 Å². The third kappa shape index (κ3) is 5.08. The molecular weight excluding hydrogens is 454 g/mol. The molecule has 1 aromatic carbocycles. The molecule has 0 spiro atoms. The van der Waals surface area contributed by atoms with Crippen LogP contribution in [0.4, 0.5) is 10.7 Å². The van der Waals surface area contributed by atoms with Crippen molar-refractivity contribution in [3.63, 3.8) is 0 Å². The lowest BCUT2D eigenvalue weighted by molar-refractivity contribution is 0.0526. The van der Waals surface area contributed by atoms with E-state index in [9.17, 15) is 13.2 Å². The zero-order valence-electron chi connectivity index (χ0n) is 18.1. The Morgan fingerprint density at radius 2 is 1.94 bits per heavy atom. The maximum absolute atomic E-state index is 12.6. The highest BCUT2D eigenvalue weighted by Crippen LogP contribution is 2.38. The summed E-state index contributed by atoms with van der Waals surface area (Å²) in [7, 11) is -0.587.